The lowest BCUT2D eigenvalue weighted by Crippen LogP contribution is -2.37. The Morgan fingerprint density at radius 1 is 1.42 bits per heavy atom. The van der Waals surface area contributed by atoms with Gasteiger partial charge in [-0.25, -0.2) is 0 Å². The zero-order valence-corrected chi connectivity index (χ0v) is 10.7. The minimum atomic E-state index is -4.54. The number of nitrogens with zero attached hydrogens (tertiary/aromatic N) is 3. The summed E-state index contributed by atoms with van der Waals surface area (Å²) in [6.45, 7) is 3.97. The van der Waals surface area contributed by atoms with Gasteiger partial charge in [-0.1, -0.05) is 13.3 Å². The minimum absolute atomic E-state index is 0.103. The summed E-state index contributed by atoms with van der Waals surface area (Å²) in [6, 6.07) is 0. The molecule has 0 saturated heterocycles. The van der Waals surface area contributed by atoms with E-state index in [0.717, 1.165) is 12.8 Å². The van der Waals surface area contributed by atoms with Crippen molar-refractivity contribution in [1.82, 2.24) is 5.01 Å². The maximum Gasteiger partial charge on any atom is 0.413 e. The smallest absolute Gasteiger partial charge is 0.267 e. The predicted molar refractivity (Wildman–Crippen MR) is 64.8 cm³/mol. The Bertz CT molecular complexity index is 491. The van der Waals surface area contributed by atoms with Crippen molar-refractivity contribution in [2.24, 2.45) is 16.0 Å². The molecule has 0 fully saturated rings. The Hall–Kier alpha value is -1.66. The second kappa shape index (κ2) is 4.79. The molecule has 2 aliphatic rings. The Morgan fingerprint density at radius 3 is 2.68 bits per heavy atom. The van der Waals surface area contributed by atoms with E-state index in [-0.39, 0.29) is 5.84 Å². The highest BCUT2D eigenvalue weighted by Gasteiger charge is 2.48. The van der Waals surface area contributed by atoms with Crippen LogP contribution in [0.4, 0.5) is 13.2 Å². The van der Waals surface area contributed by atoms with Gasteiger partial charge in [0.05, 0.1) is 17.2 Å². The van der Waals surface area contributed by atoms with E-state index in [4.69, 9.17) is 0 Å². The molecule has 0 aromatic carbocycles. The van der Waals surface area contributed by atoms with Crippen molar-refractivity contribution in [3.63, 3.8) is 0 Å². The largest absolute Gasteiger partial charge is 0.413 e. The molecule has 0 aliphatic carbocycles. The molecule has 4 nitrogen and oxygen atoms in total. The second-order valence-electron chi connectivity index (χ2n) is 4.56. The molecule has 0 radical (unpaired) electrons. The Kier molecular flexibility index (Phi) is 3.47. The van der Waals surface area contributed by atoms with Crippen LogP contribution < -0.4 is 0 Å². The summed E-state index contributed by atoms with van der Waals surface area (Å²) < 4.78 is 38.9. The van der Waals surface area contributed by atoms with Crippen LogP contribution in [0.3, 0.4) is 0 Å². The number of unbranched alkanes of at least 4 members (excludes halogenated alkanes) is 1. The van der Waals surface area contributed by atoms with Gasteiger partial charge in [-0.3, -0.25) is 9.80 Å². The highest BCUT2D eigenvalue weighted by atomic mass is 19.4. The molecule has 2 aliphatic heterocycles. The van der Waals surface area contributed by atoms with E-state index < -0.39 is 23.6 Å². The molecule has 1 amide bonds. The van der Waals surface area contributed by atoms with Crippen LogP contribution >= 0.6 is 0 Å². The molecular weight excluding hydrogens is 259 g/mol. The number of alkyl halides is 3. The van der Waals surface area contributed by atoms with Crippen molar-refractivity contribution in [3.05, 3.63) is 11.6 Å². The first kappa shape index (κ1) is 13.8. The van der Waals surface area contributed by atoms with E-state index in [0.29, 0.717) is 18.3 Å². The number of hydrogen-bond donors (Lipinski definition) is 0. The van der Waals surface area contributed by atoms with Gasteiger partial charge in [-0.15, -0.1) is 0 Å². The standard InChI is InChI=1S/C12H14F3N3O/c1-3-4-5-18-11-10(7(2)17-18)8(12(13,14)15)6-9(19)16-11/h6,10H,3-5H2,1-2H3. The summed E-state index contributed by atoms with van der Waals surface area (Å²) in [4.78, 5) is 15.1. The topological polar surface area (TPSA) is 45.0 Å². The normalized spacial score (nSPS) is 23.0. The number of carbonyl (C=O) groups excluding carboxylic acids is 1. The zero-order valence-electron chi connectivity index (χ0n) is 10.7. The fourth-order valence-corrected chi connectivity index (χ4v) is 2.20. The lowest BCUT2D eigenvalue weighted by Gasteiger charge is -2.24. The number of halogens is 3. The summed E-state index contributed by atoms with van der Waals surface area (Å²) in [5.74, 6) is -1.80. The Morgan fingerprint density at radius 2 is 2.11 bits per heavy atom. The molecule has 0 aromatic heterocycles. The number of rotatable bonds is 3. The van der Waals surface area contributed by atoms with Gasteiger partial charge in [0.1, 0.15) is 5.84 Å². The lowest BCUT2D eigenvalue weighted by atomic mass is 9.91. The number of hydrazone groups is 1. The maximum atomic E-state index is 13.0. The molecule has 2 rings (SSSR count). The fraction of sp³-hybridized carbons (Fsp3) is 0.583. The van der Waals surface area contributed by atoms with Crippen LogP contribution in [0.15, 0.2) is 21.7 Å². The lowest BCUT2D eigenvalue weighted by molar-refractivity contribution is -0.116. The minimum Gasteiger partial charge on any atom is -0.267 e. The molecular formula is C12H14F3N3O. The number of hydrogen-bond acceptors (Lipinski definition) is 3. The van der Waals surface area contributed by atoms with Gasteiger partial charge in [0, 0.05) is 12.6 Å². The molecule has 0 N–H and O–H groups in total. The van der Waals surface area contributed by atoms with Crippen LogP contribution in [-0.4, -0.2) is 35.2 Å². The van der Waals surface area contributed by atoms with Crippen molar-refractivity contribution in [2.75, 3.05) is 6.54 Å². The van der Waals surface area contributed by atoms with Crippen molar-refractivity contribution < 1.29 is 18.0 Å². The molecule has 1 atom stereocenters. The molecule has 19 heavy (non-hydrogen) atoms. The van der Waals surface area contributed by atoms with Gasteiger partial charge >= 0.3 is 6.18 Å². The highest BCUT2D eigenvalue weighted by molar-refractivity contribution is 6.18. The van der Waals surface area contributed by atoms with Gasteiger partial charge < -0.3 is 0 Å². The maximum absolute atomic E-state index is 13.0. The predicted octanol–water partition coefficient (Wildman–Crippen LogP) is 2.52. The molecule has 0 saturated carbocycles. The molecule has 2 heterocycles. The zero-order chi connectivity index (χ0) is 14.2. The van der Waals surface area contributed by atoms with Crippen molar-refractivity contribution in [1.29, 1.82) is 0 Å². The summed E-state index contributed by atoms with van der Waals surface area (Å²) in [6.07, 6.45) is -2.31. The van der Waals surface area contributed by atoms with E-state index >= 15 is 0 Å². The molecule has 7 heteroatoms. The fourth-order valence-electron chi connectivity index (χ4n) is 2.20. The first-order valence-corrected chi connectivity index (χ1v) is 6.08. The van der Waals surface area contributed by atoms with Crippen LogP contribution in [0, 0.1) is 5.92 Å². The molecule has 1 unspecified atom stereocenters. The Balaban J connectivity index is 2.34. The summed E-state index contributed by atoms with van der Waals surface area (Å²) in [5, 5.41) is 5.51. The number of fused-ring (bicyclic) bond motifs is 1. The number of amidine groups is 1. The first-order chi connectivity index (χ1) is 8.84. The van der Waals surface area contributed by atoms with E-state index in [1.54, 1.807) is 0 Å². The van der Waals surface area contributed by atoms with Crippen LogP contribution in [0.2, 0.25) is 0 Å². The van der Waals surface area contributed by atoms with E-state index in [1.165, 1.54) is 11.9 Å². The Labute approximate surface area is 108 Å². The summed E-state index contributed by atoms with van der Waals surface area (Å²) in [7, 11) is 0. The van der Waals surface area contributed by atoms with Gasteiger partial charge in [-0.05, 0) is 13.3 Å². The molecule has 0 aromatic rings. The number of amides is 1. The van der Waals surface area contributed by atoms with Crippen molar-refractivity contribution in [3.8, 4) is 0 Å². The average molecular weight is 273 g/mol. The summed E-state index contributed by atoms with van der Waals surface area (Å²) in [5.41, 5.74) is -0.548. The van der Waals surface area contributed by atoms with Gasteiger partial charge in [-0.2, -0.15) is 23.3 Å². The van der Waals surface area contributed by atoms with Gasteiger partial charge in [0.25, 0.3) is 5.91 Å². The number of aliphatic imine (C=N–C) groups is 1. The monoisotopic (exact) mass is 273 g/mol. The highest BCUT2D eigenvalue weighted by Crippen LogP contribution is 2.38. The van der Waals surface area contributed by atoms with E-state index in [9.17, 15) is 18.0 Å². The second-order valence-corrected chi connectivity index (χ2v) is 4.56. The van der Waals surface area contributed by atoms with Crippen LogP contribution in [-0.2, 0) is 4.79 Å². The van der Waals surface area contributed by atoms with E-state index in [2.05, 4.69) is 10.1 Å². The van der Waals surface area contributed by atoms with Crippen LogP contribution in [0.25, 0.3) is 0 Å². The van der Waals surface area contributed by atoms with Crippen LogP contribution in [0.1, 0.15) is 26.7 Å². The average Bonchev–Trinajstić information content (AvgIpc) is 2.61. The number of dihydropyridines is 1. The van der Waals surface area contributed by atoms with Gasteiger partial charge in [0.15, 0.2) is 0 Å². The molecule has 0 spiro atoms. The third-order valence-corrected chi connectivity index (χ3v) is 3.08. The van der Waals surface area contributed by atoms with Crippen molar-refractivity contribution in [2.45, 2.75) is 32.9 Å². The van der Waals surface area contributed by atoms with Gasteiger partial charge in [0.2, 0.25) is 0 Å². The van der Waals surface area contributed by atoms with Crippen molar-refractivity contribution >= 4 is 17.5 Å². The molecule has 104 valence electrons. The van der Waals surface area contributed by atoms with Crippen LogP contribution in [0.5, 0.6) is 0 Å². The third-order valence-electron chi connectivity index (χ3n) is 3.08. The SMILES string of the molecule is CCCCN1N=C(C)C2C(C(F)(F)F)=CC(=O)N=C21. The molecule has 0 bridgehead atoms. The third kappa shape index (κ3) is 2.54. The number of carbonyl (C=O) groups is 1. The summed E-state index contributed by atoms with van der Waals surface area (Å²) >= 11 is 0. The first-order valence-electron chi connectivity index (χ1n) is 6.08. The quantitative estimate of drug-likeness (QED) is 0.793. The van der Waals surface area contributed by atoms with E-state index in [1.807, 2.05) is 6.92 Å².